The van der Waals surface area contributed by atoms with Gasteiger partial charge in [-0.05, 0) is 247 Å². The lowest BCUT2D eigenvalue weighted by atomic mass is 9.46. The van der Waals surface area contributed by atoms with E-state index in [2.05, 4.69) is 52.5 Å². The predicted octanol–water partition coefficient (Wildman–Crippen LogP) is 11.8. The third kappa shape index (κ3) is 7.03. The maximum Gasteiger partial charge on any atom is 0.155 e. The van der Waals surface area contributed by atoms with E-state index in [1.165, 1.54) is 54.4 Å². The van der Waals surface area contributed by atoms with Crippen molar-refractivity contribution in [2.75, 3.05) is 0 Å². The number of phenolic OH excluding ortho intramolecular Hbond substituents is 1. The minimum absolute atomic E-state index is 0.0609. The van der Waals surface area contributed by atoms with E-state index in [4.69, 9.17) is 12.8 Å². The Balaban J connectivity index is 0.000000118. The van der Waals surface area contributed by atoms with E-state index in [9.17, 15) is 30.0 Å². The zero-order valence-corrected chi connectivity index (χ0v) is 41.7. The molecule has 6 nitrogen and oxygen atoms in total. The number of hydrogen-bond acceptors (Lipinski definition) is 6. The van der Waals surface area contributed by atoms with Crippen LogP contribution < -0.4 is 0 Å². The highest BCUT2D eigenvalue weighted by Crippen LogP contribution is 2.69. The van der Waals surface area contributed by atoms with Crippen LogP contribution in [0.1, 0.15) is 193 Å². The second kappa shape index (κ2) is 16.7. The maximum atomic E-state index is 11.8. The largest absolute Gasteiger partial charge is 0.508 e. The first-order chi connectivity index (χ1) is 31.8. The molecule has 0 spiro atoms. The van der Waals surface area contributed by atoms with Crippen LogP contribution in [0, 0.1) is 99.6 Å². The van der Waals surface area contributed by atoms with Gasteiger partial charge in [-0.2, -0.15) is 0 Å². The molecule has 11 aliphatic rings. The molecule has 67 heavy (non-hydrogen) atoms. The summed E-state index contributed by atoms with van der Waals surface area (Å²) in [4.78, 5) is 23.6. The van der Waals surface area contributed by atoms with Crippen LogP contribution in [-0.4, -0.2) is 48.8 Å². The molecular formula is C61H82O6. The van der Waals surface area contributed by atoms with Crippen molar-refractivity contribution in [3.8, 4) is 30.4 Å². The van der Waals surface area contributed by atoms with Crippen LogP contribution in [-0.2, 0) is 16.0 Å². The molecule has 8 fully saturated rings. The van der Waals surface area contributed by atoms with E-state index in [1.807, 2.05) is 24.3 Å². The molecule has 0 aliphatic heterocycles. The molecule has 8 saturated carbocycles. The monoisotopic (exact) mass is 911 g/mol. The number of rotatable bonds is 1. The third-order valence-corrected chi connectivity index (χ3v) is 23.6. The van der Waals surface area contributed by atoms with Gasteiger partial charge in [0.2, 0.25) is 0 Å². The zero-order chi connectivity index (χ0) is 47.5. The Bertz CT molecular complexity index is 2310. The summed E-state index contributed by atoms with van der Waals surface area (Å²) in [6.45, 7) is 11.3. The van der Waals surface area contributed by atoms with E-state index >= 15 is 0 Å². The molecule has 17 atom stereocenters. The Kier molecular flexibility index (Phi) is 11.9. The number of hydrogen-bond donors (Lipinski definition) is 4. The molecule has 6 heteroatoms. The molecule has 11 aliphatic carbocycles. The van der Waals surface area contributed by atoms with Crippen molar-refractivity contribution in [3.63, 3.8) is 0 Å². The number of aryl methyl sites for hydroxylation is 1. The van der Waals surface area contributed by atoms with E-state index in [1.54, 1.807) is 0 Å². The highest BCUT2D eigenvalue weighted by atomic mass is 16.3. The van der Waals surface area contributed by atoms with Crippen molar-refractivity contribution in [1.82, 2.24) is 0 Å². The standard InChI is InChI=1S/C21H28O2.C20H30O2.C20H24O2/c1-3-20-11-9-17-16-8-6-15(22)13-14(16)5-7-18(17)19(20)10-12-21(20,23)4-2;1-18-9-6-14(21)12-13(18)4-5-15-16(18)7-10-19(2)17(15)8-11-20(19,3)22;1-3-20(22)11-9-18-17-6-4-13-12-14(21)5-7-15(13)16(17)8-10-19(18,20)2/h2,13,16-19,23H,3,5-12H2,1H3;12,15-17,22H,4-11H2,1-3H3;1,5,7,12,16-18,21-22H,4,6,8-11H2,2H3/t16-,17+,18+,19-,20-,21-;15-,16+,17+,18+,19+,20+;16-,17-,18+,19+,20+/m011/s1. The van der Waals surface area contributed by atoms with Crippen LogP contribution >= 0.6 is 0 Å². The van der Waals surface area contributed by atoms with Gasteiger partial charge >= 0.3 is 0 Å². The van der Waals surface area contributed by atoms with E-state index < -0.39 is 16.8 Å². The Hall–Kier alpha value is -3.16. The van der Waals surface area contributed by atoms with Gasteiger partial charge in [-0.15, -0.1) is 12.8 Å². The van der Waals surface area contributed by atoms with Gasteiger partial charge < -0.3 is 20.4 Å². The van der Waals surface area contributed by atoms with Crippen LogP contribution in [0.15, 0.2) is 41.5 Å². The van der Waals surface area contributed by atoms with E-state index in [-0.39, 0.29) is 21.7 Å². The van der Waals surface area contributed by atoms with Gasteiger partial charge in [-0.1, -0.05) is 56.7 Å². The number of terminal acetylenes is 2. The fraction of sp³-hybridized carbons (Fsp3) is 0.738. The average Bonchev–Trinajstić information content (AvgIpc) is 3.88. The molecule has 4 N–H and O–H groups in total. The van der Waals surface area contributed by atoms with Crippen molar-refractivity contribution in [1.29, 1.82) is 0 Å². The summed E-state index contributed by atoms with van der Waals surface area (Å²) in [5, 5.41) is 42.7. The Morgan fingerprint density at radius 1 is 0.582 bits per heavy atom. The molecule has 12 rings (SSSR count). The van der Waals surface area contributed by atoms with Crippen LogP contribution in [0.5, 0.6) is 5.75 Å². The van der Waals surface area contributed by atoms with Crippen molar-refractivity contribution in [3.05, 3.63) is 52.6 Å². The highest BCUT2D eigenvalue weighted by Gasteiger charge is 2.65. The summed E-state index contributed by atoms with van der Waals surface area (Å²) < 4.78 is 0. The number of allylic oxidation sites excluding steroid dienone is 2. The van der Waals surface area contributed by atoms with Crippen molar-refractivity contribution < 1.29 is 30.0 Å². The average molecular weight is 911 g/mol. The fourth-order valence-electron chi connectivity index (χ4n) is 19.6. The first-order valence-electron chi connectivity index (χ1n) is 27.2. The third-order valence-electron chi connectivity index (χ3n) is 23.6. The highest BCUT2D eigenvalue weighted by molar-refractivity contribution is 5.92. The van der Waals surface area contributed by atoms with E-state index in [0.717, 1.165) is 127 Å². The van der Waals surface area contributed by atoms with Crippen molar-refractivity contribution in [2.24, 2.45) is 74.9 Å². The number of benzene rings is 1. The normalized spacial score (nSPS) is 48.6. The smallest absolute Gasteiger partial charge is 0.155 e. The lowest BCUT2D eigenvalue weighted by molar-refractivity contribution is -0.124. The number of aromatic hydroxyl groups is 1. The number of carbonyl (C=O) groups is 2. The van der Waals surface area contributed by atoms with Gasteiger partial charge in [0.25, 0.3) is 0 Å². The Morgan fingerprint density at radius 3 is 2.00 bits per heavy atom. The number of carbonyl (C=O) groups excluding carboxylic acids is 2. The molecular weight excluding hydrogens is 829 g/mol. The first kappa shape index (κ1) is 47.5. The minimum Gasteiger partial charge on any atom is -0.508 e. The predicted molar refractivity (Wildman–Crippen MR) is 264 cm³/mol. The van der Waals surface area contributed by atoms with Gasteiger partial charge in [-0.3, -0.25) is 9.59 Å². The minimum atomic E-state index is -0.919. The maximum absolute atomic E-state index is 11.8. The fourth-order valence-corrected chi connectivity index (χ4v) is 19.6. The van der Waals surface area contributed by atoms with Gasteiger partial charge in [0.15, 0.2) is 11.6 Å². The van der Waals surface area contributed by atoms with Gasteiger partial charge in [0.05, 0.1) is 5.60 Å². The van der Waals surface area contributed by atoms with Gasteiger partial charge in [0.1, 0.15) is 17.0 Å². The van der Waals surface area contributed by atoms with Crippen molar-refractivity contribution >= 4 is 11.6 Å². The van der Waals surface area contributed by atoms with Crippen molar-refractivity contribution in [2.45, 2.75) is 205 Å². The van der Waals surface area contributed by atoms with Gasteiger partial charge in [-0.25, -0.2) is 0 Å². The first-order valence-corrected chi connectivity index (χ1v) is 27.2. The molecule has 1 aromatic rings. The topological polar surface area (TPSA) is 115 Å². The second-order valence-electron chi connectivity index (χ2n) is 25.4. The van der Waals surface area contributed by atoms with Gasteiger partial charge in [0, 0.05) is 23.7 Å². The number of aliphatic hydroxyl groups is 3. The lowest BCUT2D eigenvalue weighted by Crippen LogP contribution is -2.53. The summed E-state index contributed by atoms with van der Waals surface area (Å²) in [7, 11) is 0. The number of fused-ring (bicyclic) bond motifs is 15. The Labute approximate surface area is 403 Å². The quantitative estimate of drug-likeness (QED) is 0.209. The number of phenols is 1. The zero-order valence-electron chi connectivity index (χ0n) is 41.7. The summed E-state index contributed by atoms with van der Waals surface area (Å²) in [6.07, 6.45) is 39.3. The molecule has 0 radical (unpaired) electrons. The summed E-state index contributed by atoms with van der Waals surface area (Å²) >= 11 is 0. The Morgan fingerprint density at radius 2 is 1.24 bits per heavy atom. The van der Waals surface area contributed by atoms with Crippen LogP contribution in [0.3, 0.4) is 0 Å². The van der Waals surface area contributed by atoms with Crippen LogP contribution in [0.2, 0.25) is 0 Å². The molecule has 0 aromatic heterocycles. The summed E-state index contributed by atoms with van der Waals surface area (Å²) in [5.41, 5.74) is 3.49. The lowest BCUT2D eigenvalue weighted by Gasteiger charge is -2.58. The second-order valence-corrected chi connectivity index (χ2v) is 25.4. The number of ketones is 2. The van der Waals surface area contributed by atoms with Crippen LogP contribution in [0.25, 0.3) is 0 Å². The SMILES string of the molecule is C#C[C@]1(O)CC[C@H]2[C@@H]3CCC4=CC(=O)CC[C@@H]4[C@H]3CC[C@@]21CC.C#C[C@]1(O)CC[C@H]2[C@@H]3CCc4cc(O)ccc4[C@H]3CC[C@@]21C.C[C@]12CCC(=O)C=C1CC[C@@H]1[C@@H]2CC[C@@]2(C)[C@H]1CC[C@]2(C)O. The molecule has 0 amide bonds. The molecule has 0 bridgehead atoms. The molecule has 0 heterocycles. The molecule has 362 valence electrons. The van der Waals surface area contributed by atoms with E-state index in [0.29, 0.717) is 64.7 Å². The van der Waals surface area contributed by atoms with Crippen LogP contribution in [0.4, 0.5) is 0 Å². The molecule has 1 aromatic carbocycles. The molecule has 0 saturated heterocycles. The molecule has 0 unspecified atom stereocenters. The summed E-state index contributed by atoms with van der Waals surface area (Å²) in [6, 6.07) is 5.87. The summed E-state index contributed by atoms with van der Waals surface area (Å²) in [5.74, 6) is 13.1.